The van der Waals surface area contributed by atoms with Gasteiger partial charge in [0.25, 0.3) is 5.89 Å². The fourth-order valence-electron chi connectivity index (χ4n) is 2.26. The highest BCUT2D eigenvalue weighted by atomic mass is 19.1. The number of hydrogen-bond acceptors (Lipinski definition) is 6. The van der Waals surface area contributed by atoms with Gasteiger partial charge in [-0.15, -0.1) is 0 Å². The number of aryl methyl sites for hydroxylation is 1. The summed E-state index contributed by atoms with van der Waals surface area (Å²) >= 11 is 0. The van der Waals surface area contributed by atoms with Gasteiger partial charge in [0, 0.05) is 0 Å². The molecule has 0 aliphatic rings. The van der Waals surface area contributed by atoms with Crippen LogP contribution in [0.15, 0.2) is 53.1 Å². The van der Waals surface area contributed by atoms with Crippen LogP contribution in [0.1, 0.15) is 40.7 Å². The van der Waals surface area contributed by atoms with Crippen molar-refractivity contribution in [3.05, 3.63) is 77.2 Å². The fraction of sp³-hybridized carbons (Fsp3) is 0.211. The van der Waals surface area contributed by atoms with Crippen molar-refractivity contribution in [1.29, 1.82) is 0 Å². The van der Waals surface area contributed by atoms with E-state index < -0.39 is 12.1 Å². The maximum atomic E-state index is 13.0. The molecule has 7 heteroatoms. The summed E-state index contributed by atoms with van der Waals surface area (Å²) in [5, 5.41) is 3.68. The second-order valence-electron chi connectivity index (χ2n) is 5.64. The minimum absolute atomic E-state index is 0.197. The maximum absolute atomic E-state index is 13.0. The molecule has 3 aromatic rings. The zero-order chi connectivity index (χ0) is 18.5. The number of carbonyl (C=O) groups is 1. The van der Waals surface area contributed by atoms with Gasteiger partial charge in [0.15, 0.2) is 11.9 Å². The molecule has 134 valence electrons. The third kappa shape index (κ3) is 4.24. The summed E-state index contributed by atoms with van der Waals surface area (Å²) in [7, 11) is 0. The topological polar surface area (TPSA) is 74.5 Å². The smallest absolute Gasteiger partial charge is 0.342 e. The van der Waals surface area contributed by atoms with Crippen molar-refractivity contribution in [2.45, 2.75) is 26.6 Å². The second kappa shape index (κ2) is 7.77. The Morgan fingerprint density at radius 3 is 2.62 bits per heavy atom. The number of benzene rings is 2. The van der Waals surface area contributed by atoms with E-state index in [2.05, 4.69) is 10.1 Å². The number of aromatic nitrogens is 2. The molecule has 3 rings (SSSR count). The van der Waals surface area contributed by atoms with E-state index in [1.807, 2.05) is 0 Å². The Bertz CT molecular complexity index is 893. The van der Waals surface area contributed by atoms with Crippen LogP contribution in [0.5, 0.6) is 5.75 Å². The molecule has 0 N–H and O–H groups in total. The molecule has 0 spiro atoms. The van der Waals surface area contributed by atoms with Crippen molar-refractivity contribution in [2.75, 3.05) is 0 Å². The number of nitrogens with zero attached hydrogens (tertiary/aromatic N) is 2. The van der Waals surface area contributed by atoms with Gasteiger partial charge in [0.05, 0.1) is 0 Å². The van der Waals surface area contributed by atoms with E-state index in [0.717, 1.165) is 5.56 Å². The van der Waals surface area contributed by atoms with Crippen LogP contribution < -0.4 is 4.74 Å². The van der Waals surface area contributed by atoms with Crippen molar-refractivity contribution in [1.82, 2.24) is 10.1 Å². The Balaban J connectivity index is 1.69. The van der Waals surface area contributed by atoms with Crippen molar-refractivity contribution < 1.29 is 23.2 Å². The minimum atomic E-state index is -0.686. The summed E-state index contributed by atoms with van der Waals surface area (Å²) in [6, 6.07) is 12.7. The van der Waals surface area contributed by atoms with Gasteiger partial charge < -0.3 is 14.0 Å². The predicted octanol–water partition coefficient (Wildman–Crippen LogP) is 4.01. The first kappa shape index (κ1) is 17.6. The third-order valence-corrected chi connectivity index (χ3v) is 3.59. The first-order valence-electron chi connectivity index (χ1n) is 8.00. The quantitative estimate of drug-likeness (QED) is 0.621. The maximum Gasteiger partial charge on any atom is 0.342 e. The van der Waals surface area contributed by atoms with Gasteiger partial charge in [-0.1, -0.05) is 29.4 Å². The average Bonchev–Trinajstić information content (AvgIpc) is 3.08. The van der Waals surface area contributed by atoms with Gasteiger partial charge in [-0.2, -0.15) is 4.98 Å². The molecule has 26 heavy (non-hydrogen) atoms. The SMILES string of the molecule is Cc1noc(C(C)OC(=O)c2ccccc2OCc2ccc(F)cc2)n1. The molecule has 0 saturated heterocycles. The molecule has 0 saturated carbocycles. The van der Waals surface area contributed by atoms with Crippen molar-refractivity contribution in [2.24, 2.45) is 0 Å². The van der Waals surface area contributed by atoms with Crippen molar-refractivity contribution in [3.8, 4) is 5.75 Å². The Kier molecular flexibility index (Phi) is 5.26. The zero-order valence-corrected chi connectivity index (χ0v) is 14.3. The van der Waals surface area contributed by atoms with Crippen LogP contribution in [0.25, 0.3) is 0 Å². The van der Waals surface area contributed by atoms with Gasteiger partial charge in [-0.3, -0.25) is 0 Å². The Morgan fingerprint density at radius 2 is 1.92 bits per heavy atom. The highest BCUT2D eigenvalue weighted by Gasteiger charge is 2.21. The molecule has 2 aromatic carbocycles. The van der Waals surface area contributed by atoms with Crippen molar-refractivity contribution >= 4 is 5.97 Å². The fourth-order valence-corrected chi connectivity index (χ4v) is 2.26. The molecule has 0 aliphatic heterocycles. The molecule has 0 aliphatic carbocycles. The van der Waals surface area contributed by atoms with E-state index in [1.54, 1.807) is 50.2 Å². The third-order valence-electron chi connectivity index (χ3n) is 3.59. The number of esters is 1. The van der Waals surface area contributed by atoms with E-state index in [1.165, 1.54) is 12.1 Å². The highest BCUT2D eigenvalue weighted by molar-refractivity contribution is 5.92. The molecular formula is C19H17FN2O4. The zero-order valence-electron chi connectivity index (χ0n) is 14.3. The van der Waals surface area contributed by atoms with Gasteiger partial charge in [0.1, 0.15) is 23.7 Å². The number of para-hydroxylation sites is 1. The molecule has 0 bridgehead atoms. The Morgan fingerprint density at radius 1 is 1.19 bits per heavy atom. The lowest BCUT2D eigenvalue weighted by Gasteiger charge is -2.13. The molecular weight excluding hydrogens is 339 g/mol. The first-order chi connectivity index (χ1) is 12.5. The molecule has 0 radical (unpaired) electrons. The second-order valence-corrected chi connectivity index (χ2v) is 5.64. The van der Waals surface area contributed by atoms with E-state index >= 15 is 0 Å². The highest BCUT2D eigenvalue weighted by Crippen LogP contribution is 2.23. The Hall–Kier alpha value is -3.22. The number of carbonyl (C=O) groups excluding carboxylic acids is 1. The molecule has 1 atom stereocenters. The monoisotopic (exact) mass is 356 g/mol. The molecule has 0 amide bonds. The lowest BCUT2D eigenvalue weighted by atomic mass is 10.2. The van der Waals surface area contributed by atoms with Crippen LogP contribution in [-0.2, 0) is 11.3 Å². The predicted molar refractivity (Wildman–Crippen MR) is 90.0 cm³/mol. The van der Waals surface area contributed by atoms with E-state index in [9.17, 15) is 9.18 Å². The van der Waals surface area contributed by atoms with E-state index in [-0.39, 0.29) is 23.9 Å². The van der Waals surface area contributed by atoms with Crippen LogP contribution in [0.4, 0.5) is 4.39 Å². The lowest BCUT2D eigenvalue weighted by Crippen LogP contribution is -2.11. The molecule has 1 heterocycles. The van der Waals surface area contributed by atoms with Crippen LogP contribution in [0, 0.1) is 12.7 Å². The standard InChI is InChI=1S/C19H17FN2O4/c1-12(18-21-13(2)22-26-18)25-19(23)16-5-3-4-6-17(16)24-11-14-7-9-15(20)10-8-14/h3-10,12H,11H2,1-2H3. The van der Waals surface area contributed by atoms with Crippen LogP contribution in [0.2, 0.25) is 0 Å². The molecule has 6 nitrogen and oxygen atoms in total. The molecule has 1 aromatic heterocycles. The summed E-state index contributed by atoms with van der Waals surface area (Å²) < 4.78 is 29.1. The average molecular weight is 356 g/mol. The largest absolute Gasteiger partial charge is 0.488 e. The van der Waals surface area contributed by atoms with Gasteiger partial charge in [-0.05, 0) is 43.7 Å². The van der Waals surface area contributed by atoms with Gasteiger partial charge >= 0.3 is 5.97 Å². The van der Waals surface area contributed by atoms with E-state index in [0.29, 0.717) is 11.6 Å². The first-order valence-corrected chi connectivity index (χ1v) is 8.00. The Labute approximate surface area is 149 Å². The number of rotatable bonds is 6. The van der Waals surface area contributed by atoms with Crippen LogP contribution in [0.3, 0.4) is 0 Å². The number of halogens is 1. The van der Waals surface area contributed by atoms with Gasteiger partial charge in [0.2, 0.25) is 0 Å². The van der Waals surface area contributed by atoms with Crippen molar-refractivity contribution in [3.63, 3.8) is 0 Å². The van der Waals surface area contributed by atoms with E-state index in [4.69, 9.17) is 14.0 Å². The summed E-state index contributed by atoms with van der Waals surface area (Å²) in [4.78, 5) is 16.5. The molecule has 0 fully saturated rings. The lowest BCUT2D eigenvalue weighted by molar-refractivity contribution is 0.0261. The summed E-state index contributed by atoms with van der Waals surface area (Å²) in [5.41, 5.74) is 1.06. The van der Waals surface area contributed by atoms with Crippen LogP contribution >= 0.6 is 0 Å². The number of hydrogen-bond donors (Lipinski definition) is 0. The summed E-state index contributed by atoms with van der Waals surface area (Å²) in [6.45, 7) is 3.52. The number of ether oxygens (including phenoxy) is 2. The normalized spacial score (nSPS) is 11.8. The van der Waals surface area contributed by atoms with Crippen LogP contribution in [-0.4, -0.2) is 16.1 Å². The summed E-state index contributed by atoms with van der Waals surface area (Å²) in [5.74, 6) is 0.174. The summed E-state index contributed by atoms with van der Waals surface area (Å²) in [6.07, 6.45) is -0.686. The minimum Gasteiger partial charge on any atom is -0.488 e. The van der Waals surface area contributed by atoms with Gasteiger partial charge in [-0.25, -0.2) is 9.18 Å². The molecule has 1 unspecified atom stereocenters.